The van der Waals surface area contributed by atoms with Crippen molar-refractivity contribution in [3.05, 3.63) is 23.8 Å². The van der Waals surface area contributed by atoms with E-state index in [4.69, 9.17) is 15.2 Å². The number of fused-ring (bicyclic) bond motifs is 1. The minimum absolute atomic E-state index is 0.339. The maximum absolute atomic E-state index is 5.58. The molecular formula is C11H15NO2. The molecular weight excluding hydrogens is 178 g/mol. The van der Waals surface area contributed by atoms with Gasteiger partial charge in [0.25, 0.3) is 0 Å². The molecule has 2 N–H and O–H groups in total. The number of hydrogen-bond acceptors (Lipinski definition) is 3. The van der Waals surface area contributed by atoms with Crippen LogP contribution in [0.15, 0.2) is 18.2 Å². The molecule has 76 valence electrons. The van der Waals surface area contributed by atoms with Crippen LogP contribution in [0.25, 0.3) is 0 Å². The Morgan fingerprint density at radius 3 is 2.93 bits per heavy atom. The molecule has 0 spiro atoms. The summed E-state index contributed by atoms with van der Waals surface area (Å²) in [6.45, 7) is 3.20. The average molecular weight is 193 g/mol. The zero-order valence-corrected chi connectivity index (χ0v) is 8.32. The van der Waals surface area contributed by atoms with Crippen molar-refractivity contribution in [1.29, 1.82) is 0 Å². The first kappa shape index (κ1) is 9.34. The van der Waals surface area contributed by atoms with E-state index in [1.165, 1.54) is 5.56 Å². The highest BCUT2D eigenvalue weighted by Crippen LogP contribution is 2.32. The lowest BCUT2D eigenvalue weighted by atomic mass is 10.0. The van der Waals surface area contributed by atoms with Gasteiger partial charge in [-0.05, 0) is 36.6 Å². The molecule has 1 atom stereocenters. The summed E-state index contributed by atoms with van der Waals surface area (Å²) in [6, 6.07) is 6.06. The molecule has 1 aliphatic rings. The first-order chi connectivity index (χ1) is 6.79. The quantitative estimate of drug-likeness (QED) is 0.792. The third-order valence-electron chi connectivity index (χ3n) is 2.42. The van der Waals surface area contributed by atoms with Crippen molar-refractivity contribution in [2.45, 2.75) is 13.3 Å². The smallest absolute Gasteiger partial charge is 0.231 e. The van der Waals surface area contributed by atoms with Gasteiger partial charge in [-0.2, -0.15) is 0 Å². The van der Waals surface area contributed by atoms with Gasteiger partial charge in [0, 0.05) is 0 Å². The fourth-order valence-electron chi connectivity index (χ4n) is 1.55. The van der Waals surface area contributed by atoms with Gasteiger partial charge in [-0.1, -0.05) is 13.0 Å². The average Bonchev–Trinajstić information content (AvgIpc) is 2.64. The van der Waals surface area contributed by atoms with Crippen molar-refractivity contribution in [1.82, 2.24) is 0 Å². The van der Waals surface area contributed by atoms with Gasteiger partial charge in [0.15, 0.2) is 11.5 Å². The van der Waals surface area contributed by atoms with Crippen LogP contribution in [0, 0.1) is 5.92 Å². The third-order valence-corrected chi connectivity index (χ3v) is 2.42. The Bertz CT molecular complexity index is 325. The zero-order valence-electron chi connectivity index (χ0n) is 8.32. The molecule has 0 fully saturated rings. The van der Waals surface area contributed by atoms with E-state index in [1.54, 1.807) is 0 Å². The second-order valence-electron chi connectivity index (χ2n) is 3.73. The number of hydrogen-bond donors (Lipinski definition) is 1. The molecule has 0 amide bonds. The van der Waals surface area contributed by atoms with Gasteiger partial charge in [0.1, 0.15) is 0 Å². The predicted molar refractivity (Wildman–Crippen MR) is 54.5 cm³/mol. The molecule has 1 heterocycles. The molecule has 0 bridgehead atoms. The molecule has 0 saturated heterocycles. The van der Waals surface area contributed by atoms with Gasteiger partial charge in [0.05, 0.1) is 0 Å². The fraction of sp³-hybridized carbons (Fsp3) is 0.455. The largest absolute Gasteiger partial charge is 0.454 e. The van der Waals surface area contributed by atoms with E-state index in [2.05, 4.69) is 13.0 Å². The molecule has 2 rings (SSSR count). The van der Waals surface area contributed by atoms with E-state index >= 15 is 0 Å². The first-order valence-electron chi connectivity index (χ1n) is 4.88. The molecule has 0 aliphatic carbocycles. The molecule has 1 aliphatic heterocycles. The van der Waals surface area contributed by atoms with Crippen LogP contribution >= 0.6 is 0 Å². The molecule has 1 unspecified atom stereocenters. The predicted octanol–water partition coefficient (Wildman–Crippen LogP) is 1.55. The number of ether oxygens (including phenoxy) is 2. The van der Waals surface area contributed by atoms with E-state index in [9.17, 15) is 0 Å². The SMILES string of the molecule is CC(CN)Cc1ccc2c(c1)OCO2. The molecule has 3 nitrogen and oxygen atoms in total. The van der Waals surface area contributed by atoms with E-state index in [1.807, 2.05) is 12.1 Å². The van der Waals surface area contributed by atoms with Crippen LogP contribution in [0.3, 0.4) is 0 Å². The van der Waals surface area contributed by atoms with Crippen LogP contribution in [-0.2, 0) is 6.42 Å². The molecule has 1 aromatic carbocycles. The minimum atomic E-state index is 0.339. The molecule has 0 radical (unpaired) electrons. The number of benzene rings is 1. The van der Waals surface area contributed by atoms with Crippen molar-refractivity contribution in [2.75, 3.05) is 13.3 Å². The van der Waals surface area contributed by atoms with E-state index in [0.717, 1.165) is 17.9 Å². The fourth-order valence-corrected chi connectivity index (χ4v) is 1.55. The van der Waals surface area contributed by atoms with Crippen molar-refractivity contribution in [3.8, 4) is 11.5 Å². The van der Waals surface area contributed by atoms with E-state index in [0.29, 0.717) is 19.3 Å². The highest BCUT2D eigenvalue weighted by molar-refractivity contribution is 5.44. The van der Waals surface area contributed by atoms with Crippen LogP contribution in [0.2, 0.25) is 0 Å². The summed E-state index contributed by atoms with van der Waals surface area (Å²) < 4.78 is 10.5. The van der Waals surface area contributed by atoms with Crippen molar-refractivity contribution in [3.63, 3.8) is 0 Å². The summed E-state index contributed by atoms with van der Waals surface area (Å²) in [5.74, 6) is 2.20. The van der Waals surface area contributed by atoms with E-state index in [-0.39, 0.29) is 0 Å². The molecule has 0 aromatic heterocycles. The monoisotopic (exact) mass is 193 g/mol. The summed E-state index contributed by atoms with van der Waals surface area (Å²) in [7, 11) is 0. The Morgan fingerprint density at radius 1 is 1.36 bits per heavy atom. The summed E-state index contributed by atoms with van der Waals surface area (Å²) >= 11 is 0. The van der Waals surface area contributed by atoms with Gasteiger partial charge in [-0.3, -0.25) is 0 Å². The third kappa shape index (κ3) is 1.82. The first-order valence-corrected chi connectivity index (χ1v) is 4.88. The van der Waals surface area contributed by atoms with Gasteiger partial charge in [-0.25, -0.2) is 0 Å². The van der Waals surface area contributed by atoms with Gasteiger partial charge in [0.2, 0.25) is 6.79 Å². The van der Waals surface area contributed by atoms with Crippen LogP contribution in [0.5, 0.6) is 11.5 Å². The molecule has 0 saturated carbocycles. The summed E-state index contributed by atoms with van der Waals surface area (Å²) in [6.07, 6.45) is 0.993. The van der Waals surface area contributed by atoms with Crippen LogP contribution in [0.4, 0.5) is 0 Å². The molecule has 1 aromatic rings. The maximum Gasteiger partial charge on any atom is 0.231 e. The van der Waals surface area contributed by atoms with Gasteiger partial charge in [-0.15, -0.1) is 0 Å². The second-order valence-corrected chi connectivity index (χ2v) is 3.73. The lowest BCUT2D eigenvalue weighted by molar-refractivity contribution is 0.174. The lowest BCUT2D eigenvalue weighted by Crippen LogP contribution is -2.12. The highest BCUT2D eigenvalue weighted by Gasteiger charge is 2.13. The van der Waals surface area contributed by atoms with Crippen molar-refractivity contribution in [2.24, 2.45) is 11.7 Å². The number of nitrogens with two attached hydrogens (primary N) is 1. The summed E-state index contributed by atoms with van der Waals surface area (Å²) in [4.78, 5) is 0. The lowest BCUT2D eigenvalue weighted by Gasteiger charge is -2.08. The van der Waals surface area contributed by atoms with Crippen LogP contribution < -0.4 is 15.2 Å². The Morgan fingerprint density at radius 2 is 2.14 bits per heavy atom. The summed E-state index contributed by atoms with van der Waals surface area (Å²) in [5.41, 5.74) is 6.83. The van der Waals surface area contributed by atoms with Crippen molar-refractivity contribution < 1.29 is 9.47 Å². The standard InChI is InChI=1S/C11H15NO2/c1-8(6-12)4-9-2-3-10-11(5-9)14-7-13-10/h2-3,5,8H,4,6-7,12H2,1H3. The number of rotatable bonds is 3. The minimum Gasteiger partial charge on any atom is -0.454 e. The topological polar surface area (TPSA) is 44.5 Å². The molecule has 14 heavy (non-hydrogen) atoms. The van der Waals surface area contributed by atoms with Gasteiger partial charge >= 0.3 is 0 Å². The molecule has 3 heteroatoms. The maximum atomic E-state index is 5.58. The highest BCUT2D eigenvalue weighted by atomic mass is 16.7. The normalized spacial score (nSPS) is 15.6. The summed E-state index contributed by atoms with van der Waals surface area (Å²) in [5, 5.41) is 0. The van der Waals surface area contributed by atoms with E-state index < -0.39 is 0 Å². The second kappa shape index (κ2) is 3.88. The Labute approximate surface area is 83.8 Å². The Kier molecular flexibility index (Phi) is 2.59. The van der Waals surface area contributed by atoms with Gasteiger partial charge < -0.3 is 15.2 Å². The zero-order chi connectivity index (χ0) is 9.97. The Balaban J connectivity index is 2.12. The Hall–Kier alpha value is -1.22. The van der Waals surface area contributed by atoms with Crippen LogP contribution in [0.1, 0.15) is 12.5 Å². The van der Waals surface area contributed by atoms with Crippen LogP contribution in [-0.4, -0.2) is 13.3 Å². The van der Waals surface area contributed by atoms with Crippen molar-refractivity contribution >= 4 is 0 Å².